The molecule has 33 heavy (non-hydrogen) atoms. The normalized spacial score (nSPS) is 13.3. The van der Waals surface area contributed by atoms with Crippen molar-refractivity contribution in [2.45, 2.75) is 19.8 Å². The molecule has 3 amide bonds. The second kappa shape index (κ2) is 8.82. The van der Waals surface area contributed by atoms with Crippen LogP contribution in [0.15, 0.2) is 72.8 Å². The van der Waals surface area contributed by atoms with Crippen molar-refractivity contribution in [1.82, 2.24) is 9.88 Å². The first-order valence-corrected chi connectivity index (χ1v) is 11.2. The number of urea groups is 1. The zero-order valence-corrected chi connectivity index (χ0v) is 18.5. The van der Waals surface area contributed by atoms with Crippen LogP contribution < -0.4 is 10.6 Å². The Balaban J connectivity index is 1.60. The van der Waals surface area contributed by atoms with Gasteiger partial charge >= 0.3 is 6.03 Å². The highest BCUT2D eigenvalue weighted by atomic mass is 16.2. The van der Waals surface area contributed by atoms with Gasteiger partial charge in [-0.05, 0) is 55.2 Å². The molecule has 5 rings (SSSR count). The van der Waals surface area contributed by atoms with E-state index in [-0.39, 0.29) is 11.9 Å². The average molecular weight is 439 g/mol. The molecule has 1 aliphatic heterocycles. The van der Waals surface area contributed by atoms with E-state index in [0.29, 0.717) is 17.1 Å². The number of benzene rings is 3. The maximum Gasteiger partial charge on any atom is 0.323 e. The molecule has 3 N–H and O–H groups in total. The summed E-state index contributed by atoms with van der Waals surface area (Å²) < 4.78 is 0. The van der Waals surface area contributed by atoms with Gasteiger partial charge in [-0.2, -0.15) is 0 Å². The smallest absolute Gasteiger partial charge is 0.323 e. The van der Waals surface area contributed by atoms with Crippen molar-refractivity contribution in [3.63, 3.8) is 0 Å². The minimum absolute atomic E-state index is 0.0000989. The van der Waals surface area contributed by atoms with E-state index in [4.69, 9.17) is 0 Å². The Bertz CT molecular complexity index is 1310. The highest BCUT2D eigenvalue weighted by molar-refractivity contribution is 6.14. The first-order valence-electron chi connectivity index (χ1n) is 11.2. The first kappa shape index (κ1) is 20.8. The number of anilines is 2. The molecular weight excluding hydrogens is 412 g/mol. The molecular formula is C27H26N4O2. The third-order valence-electron chi connectivity index (χ3n) is 6.00. The van der Waals surface area contributed by atoms with Gasteiger partial charge in [-0.25, -0.2) is 4.79 Å². The standard InChI is InChI=1S/C27H26N4O2/c1-18-16-21-23(19-10-4-2-5-11-19)25(26(32)31-14-8-9-15-31)30-24(21)22(17-18)29-27(33)28-20-12-6-3-7-13-20/h2-7,10-13,16-17,30H,8-9,14-15H2,1H3,(H2,28,29,33). The number of rotatable bonds is 4. The quantitative estimate of drug-likeness (QED) is 0.364. The molecule has 0 aliphatic carbocycles. The molecule has 1 aliphatic rings. The average Bonchev–Trinajstić information content (AvgIpc) is 3.48. The van der Waals surface area contributed by atoms with E-state index < -0.39 is 0 Å². The van der Waals surface area contributed by atoms with Crippen LogP contribution in [0.25, 0.3) is 22.0 Å². The number of aromatic amines is 1. The lowest BCUT2D eigenvalue weighted by atomic mass is 9.99. The number of hydrogen-bond acceptors (Lipinski definition) is 2. The molecule has 166 valence electrons. The number of para-hydroxylation sites is 1. The van der Waals surface area contributed by atoms with Gasteiger partial charge in [0.15, 0.2) is 0 Å². The maximum atomic E-state index is 13.5. The van der Waals surface area contributed by atoms with Crippen LogP contribution in [-0.4, -0.2) is 34.9 Å². The van der Waals surface area contributed by atoms with Crippen molar-refractivity contribution in [2.75, 3.05) is 23.7 Å². The van der Waals surface area contributed by atoms with Crippen molar-refractivity contribution >= 4 is 34.2 Å². The highest BCUT2D eigenvalue weighted by Crippen LogP contribution is 2.37. The maximum absolute atomic E-state index is 13.5. The van der Waals surface area contributed by atoms with E-state index in [1.807, 2.05) is 78.6 Å². The lowest BCUT2D eigenvalue weighted by molar-refractivity contribution is 0.0788. The summed E-state index contributed by atoms with van der Waals surface area (Å²) >= 11 is 0. The fraction of sp³-hybridized carbons (Fsp3) is 0.185. The van der Waals surface area contributed by atoms with Crippen molar-refractivity contribution < 1.29 is 9.59 Å². The fourth-order valence-corrected chi connectivity index (χ4v) is 4.49. The minimum Gasteiger partial charge on any atom is -0.348 e. The van der Waals surface area contributed by atoms with Crippen molar-refractivity contribution in [2.24, 2.45) is 0 Å². The lowest BCUT2D eigenvalue weighted by Crippen LogP contribution is -2.28. The van der Waals surface area contributed by atoms with E-state index in [2.05, 4.69) is 21.7 Å². The number of carbonyl (C=O) groups is 2. The summed E-state index contributed by atoms with van der Waals surface area (Å²) in [6, 6.07) is 22.9. The molecule has 2 heterocycles. The third kappa shape index (κ3) is 4.20. The molecule has 4 aromatic rings. The zero-order chi connectivity index (χ0) is 22.8. The number of aryl methyl sites for hydroxylation is 1. The van der Waals surface area contributed by atoms with Crippen LogP contribution in [0, 0.1) is 6.92 Å². The lowest BCUT2D eigenvalue weighted by Gasteiger charge is -2.15. The Morgan fingerprint density at radius 3 is 2.24 bits per heavy atom. The summed E-state index contributed by atoms with van der Waals surface area (Å²) in [4.78, 5) is 31.5. The number of hydrogen-bond donors (Lipinski definition) is 3. The van der Waals surface area contributed by atoms with Gasteiger partial charge < -0.3 is 20.5 Å². The van der Waals surface area contributed by atoms with E-state index in [1.54, 1.807) is 0 Å². The molecule has 0 radical (unpaired) electrons. The van der Waals surface area contributed by atoms with Gasteiger partial charge in [0.05, 0.1) is 11.2 Å². The fourth-order valence-electron chi connectivity index (χ4n) is 4.49. The molecule has 6 heteroatoms. The van der Waals surface area contributed by atoms with Crippen molar-refractivity contribution in [3.8, 4) is 11.1 Å². The Morgan fingerprint density at radius 1 is 0.879 bits per heavy atom. The molecule has 0 atom stereocenters. The molecule has 1 saturated heterocycles. The molecule has 6 nitrogen and oxygen atoms in total. The molecule has 1 fully saturated rings. The SMILES string of the molecule is Cc1cc(NC(=O)Nc2ccccc2)c2[nH]c(C(=O)N3CCCC3)c(-c3ccccc3)c2c1. The zero-order valence-electron chi connectivity index (χ0n) is 18.5. The van der Waals surface area contributed by atoms with Crippen LogP contribution in [0.1, 0.15) is 28.9 Å². The number of amides is 3. The molecule has 1 aromatic heterocycles. The number of H-pyrrole nitrogens is 1. The van der Waals surface area contributed by atoms with Crippen molar-refractivity contribution in [3.05, 3.63) is 84.1 Å². The van der Waals surface area contributed by atoms with Crippen LogP contribution in [0.4, 0.5) is 16.2 Å². The summed E-state index contributed by atoms with van der Waals surface area (Å²) in [7, 11) is 0. The third-order valence-corrected chi connectivity index (χ3v) is 6.00. The van der Waals surface area contributed by atoms with Gasteiger partial charge in [0.25, 0.3) is 5.91 Å². The highest BCUT2D eigenvalue weighted by Gasteiger charge is 2.27. The molecule has 0 bridgehead atoms. The number of fused-ring (bicyclic) bond motifs is 1. The van der Waals surface area contributed by atoms with Gasteiger partial charge in [0, 0.05) is 29.7 Å². The summed E-state index contributed by atoms with van der Waals surface area (Å²) in [5.41, 5.74) is 5.49. The number of likely N-dealkylation sites (tertiary alicyclic amines) is 1. The Labute approximate surface area is 192 Å². The predicted molar refractivity (Wildman–Crippen MR) is 133 cm³/mol. The second-order valence-electron chi connectivity index (χ2n) is 8.42. The van der Waals surface area contributed by atoms with E-state index in [0.717, 1.165) is 53.5 Å². The second-order valence-corrected chi connectivity index (χ2v) is 8.42. The summed E-state index contributed by atoms with van der Waals surface area (Å²) in [6.07, 6.45) is 2.05. The van der Waals surface area contributed by atoms with Crippen LogP contribution in [-0.2, 0) is 0 Å². The molecule has 3 aromatic carbocycles. The Morgan fingerprint density at radius 2 is 1.55 bits per heavy atom. The van der Waals surface area contributed by atoms with Gasteiger partial charge in [0.1, 0.15) is 5.69 Å². The minimum atomic E-state index is -0.337. The Kier molecular flexibility index (Phi) is 5.57. The molecule has 0 saturated carbocycles. The van der Waals surface area contributed by atoms with Crippen LogP contribution in [0.3, 0.4) is 0 Å². The van der Waals surface area contributed by atoms with E-state index in [9.17, 15) is 9.59 Å². The summed E-state index contributed by atoms with van der Waals surface area (Å²) in [6.45, 7) is 3.53. The molecule has 0 unspecified atom stereocenters. The number of nitrogens with zero attached hydrogens (tertiary/aromatic N) is 1. The monoisotopic (exact) mass is 438 g/mol. The van der Waals surface area contributed by atoms with Crippen LogP contribution >= 0.6 is 0 Å². The first-order chi connectivity index (χ1) is 16.1. The summed E-state index contributed by atoms with van der Waals surface area (Å²) in [5, 5.41) is 6.74. The van der Waals surface area contributed by atoms with Crippen LogP contribution in [0.5, 0.6) is 0 Å². The van der Waals surface area contributed by atoms with Crippen LogP contribution in [0.2, 0.25) is 0 Å². The van der Waals surface area contributed by atoms with Gasteiger partial charge in [-0.3, -0.25) is 4.79 Å². The van der Waals surface area contributed by atoms with Gasteiger partial charge in [0.2, 0.25) is 0 Å². The number of aromatic nitrogens is 1. The number of carbonyl (C=O) groups excluding carboxylic acids is 2. The summed E-state index contributed by atoms with van der Waals surface area (Å²) in [5.74, 6) is -0.0000989. The van der Waals surface area contributed by atoms with Crippen molar-refractivity contribution in [1.29, 1.82) is 0 Å². The van der Waals surface area contributed by atoms with Gasteiger partial charge in [-0.1, -0.05) is 48.5 Å². The Hall–Kier alpha value is -4.06. The topological polar surface area (TPSA) is 77.2 Å². The van der Waals surface area contributed by atoms with Gasteiger partial charge in [-0.15, -0.1) is 0 Å². The number of nitrogens with one attached hydrogen (secondary N) is 3. The predicted octanol–water partition coefficient (Wildman–Crippen LogP) is 6.02. The van der Waals surface area contributed by atoms with E-state index in [1.165, 1.54) is 0 Å². The largest absolute Gasteiger partial charge is 0.348 e. The molecule has 0 spiro atoms. The van der Waals surface area contributed by atoms with E-state index >= 15 is 0 Å².